The van der Waals surface area contributed by atoms with Gasteiger partial charge in [0.2, 0.25) is 5.75 Å². The van der Waals surface area contributed by atoms with Crippen LogP contribution in [-0.4, -0.2) is 19.3 Å². The Balaban J connectivity index is 3.20. The maximum absolute atomic E-state index is 9.53. The Morgan fingerprint density at radius 1 is 1.23 bits per heavy atom. The van der Waals surface area contributed by atoms with Gasteiger partial charge in [-0.05, 0) is 24.1 Å². The van der Waals surface area contributed by atoms with Crippen molar-refractivity contribution in [2.45, 2.75) is 13.3 Å². The highest BCUT2D eigenvalue weighted by Crippen LogP contribution is 2.37. The molecule has 1 rings (SSSR count). The van der Waals surface area contributed by atoms with E-state index in [0.717, 1.165) is 12.0 Å². The number of phenols is 1. The molecule has 3 heteroatoms. The summed E-state index contributed by atoms with van der Waals surface area (Å²) in [6.45, 7) is 2.01. The number of hydrogen-bond donors (Lipinski definition) is 1. The first-order valence-electron chi connectivity index (χ1n) is 4.16. The van der Waals surface area contributed by atoms with Crippen LogP contribution in [0.3, 0.4) is 0 Å². The Kier molecular flexibility index (Phi) is 3.01. The normalized spacial score (nSPS) is 9.77. The van der Waals surface area contributed by atoms with Crippen molar-refractivity contribution in [3.63, 3.8) is 0 Å². The molecule has 0 aliphatic carbocycles. The lowest BCUT2D eigenvalue weighted by Crippen LogP contribution is -1.92. The lowest BCUT2D eigenvalue weighted by atomic mass is 10.1. The third-order valence-electron chi connectivity index (χ3n) is 1.93. The Morgan fingerprint density at radius 2 is 1.92 bits per heavy atom. The van der Waals surface area contributed by atoms with Crippen LogP contribution in [-0.2, 0) is 6.42 Å². The standard InChI is InChI=1S/C10H14O3/c1-4-7-5-8(11)10(13-3)9(6-7)12-2/h5-6,11H,4H2,1-3H3. The van der Waals surface area contributed by atoms with Gasteiger partial charge in [-0.1, -0.05) is 6.92 Å². The molecule has 0 amide bonds. The van der Waals surface area contributed by atoms with Gasteiger partial charge >= 0.3 is 0 Å². The molecule has 1 aromatic rings. The van der Waals surface area contributed by atoms with E-state index < -0.39 is 0 Å². The van der Waals surface area contributed by atoms with Crippen LogP contribution in [0.5, 0.6) is 17.2 Å². The highest BCUT2D eigenvalue weighted by Gasteiger charge is 2.10. The fourth-order valence-corrected chi connectivity index (χ4v) is 1.20. The van der Waals surface area contributed by atoms with Gasteiger partial charge in [-0.25, -0.2) is 0 Å². The Labute approximate surface area is 77.9 Å². The molecular weight excluding hydrogens is 168 g/mol. The van der Waals surface area contributed by atoms with Crippen molar-refractivity contribution in [1.29, 1.82) is 0 Å². The fraction of sp³-hybridized carbons (Fsp3) is 0.400. The maximum atomic E-state index is 9.53. The zero-order valence-electron chi connectivity index (χ0n) is 8.13. The molecule has 0 radical (unpaired) electrons. The van der Waals surface area contributed by atoms with E-state index in [1.165, 1.54) is 7.11 Å². The zero-order valence-corrected chi connectivity index (χ0v) is 8.13. The van der Waals surface area contributed by atoms with Crippen LogP contribution in [0.15, 0.2) is 12.1 Å². The maximum Gasteiger partial charge on any atom is 0.203 e. The number of phenolic OH excluding ortho intramolecular Hbond substituents is 1. The van der Waals surface area contributed by atoms with E-state index in [9.17, 15) is 5.11 Å². The van der Waals surface area contributed by atoms with Gasteiger partial charge in [-0.15, -0.1) is 0 Å². The van der Waals surface area contributed by atoms with Crippen LogP contribution in [0.25, 0.3) is 0 Å². The van der Waals surface area contributed by atoms with E-state index in [4.69, 9.17) is 9.47 Å². The topological polar surface area (TPSA) is 38.7 Å². The van der Waals surface area contributed by atoms with Gasteiger partial charge in [0.1, 0.15) is 0 Å². The van der Waals surface area contributed by atoms with Crippen molar-refractivity contribution < 1.29 is 14.6 Å². The summed E-state index contributed by atoms with van der Waals surface area (Å²) >= 11 is 0. The molecular formula is C10H14O3. The van der Waals surface area contributed by atoms with Crippen molar-refractivity contribution in [1.82, 2.24) is 0 Å². The number of benzene rings is 1. The summed E-state index contributed by atoms with van der Waals surface area (Å²) in [5.74, 6) is 1.08. The molecule has 0 fully saturated rings. The zero-order chi connectivity index (χ0) is 9.84. The van der Waals surface area contributed by atoms with Gasteiger partial charge in [0, 0.05) is 0 Å². The third kappa shape index (κ3) is 1.86. The third-order valence-corrected chi connectivity index (χ3v) is 1.93. The average molecular weight is 182 g/mol. The molecule has 0 atom stereocenters. The quantitative estimate of drug-likeness (QED) is 0.776. The Bertz CT molecular complexity index is 294. The molecule has 0 aromatic heterocycles. The van der Waals surface area contributed by atoms with E-state index in [-0.39, 0.29) is 5.75 Å². The Morgan fingerprint density at radius 3 is 2.38 bits per heavy atom. The minimum Gasteiger partial charge on any atom is -0.504 e. The number of hydrogen-bond acceptors (Lipinski definition) is 3. The molecule has 1 aromatic carbocycles. The van der Waals surface area contributed by atoms with E-state index >= 15 is 0 Å². The highest BCUT2D eigenvalue weighted by atomic mass is 16.5. The van der Waals surface area contributed by atoms with Crippen LogP contribution < -0.4 is 9.47 Å². The summed E-state index contributed by atoms with van der Waals surface area (Å²) in [4.78, 5) is 0. The predicted molar refractivity (Wildman–Crippen MR) is 50.6 cm³/mol. The van der Waals surface area contributed by atoms with Crippen molar-refractivity contribution in [2.75, 3.05) is 14.2 Å². The van der Waals surface area contributed by atoms with E-state index in [2.05, 4.69) is 0 Å². The molecule has 0 aliphatic rings. The summed E-state index contributed by atoms with van der Waals surface area (Å²) in [6.07, 6.45) is 0.855. The van der Waals surface area contributed by atoms with Crippen molar-refractivity contribution in [2.24, 2.45) is 0 Å². The largest absolute Gasteiger partial charge is 0.504 e. The van der Waals surface area contributed by atoms with E-state index in [0.29, 0.717) is 11.5 Å². The molecule has 0 saturated heterocycles. The molecule has 13 heavy (non-hydrogen) atoms. The van der Waals surface area contributed by atoms with Gasteiger partial charge in [0.25, 0.3) is 0 Å². The van der Waals surface area contributed by atoms with Gasteiger partial charge in [-0.2, -0.15) is 0 Å². The van der Waals surface area contributed by atoms with E-state index in [1.807, 2.05) is 13.0 Å². The molecule has 0 aliphatic heterocycles. The second-order valence-electron chi connectivity index (χ2n) is 2.70. The minimum atomic E-state index is 0.124. The number of methoxy groups -OCH3 is 2. The molecule has 1 N–H and O–H groups in total. The van der Waals surface area contributed by atoms with Gasteiger partial charge in [0.05, 0.1) is 14.2 Å². The first-order valence-corrected chi connectivity index (χ1v) is 4.16. The van der Waals surface area contributed by atoms with Gasteiger partial charge in [-0.3, -0.25) is 0 Å². The summed E-state index contributed by atoms with van der Waals surface area (Å²) < 4.78 is 10.1. The molecule has 3 nitrogen and oxygen atoms in total. The molecule has 0 saturated carbocycles. The summed E-state index contributed by atoms with van der Waals surface area (Å²) in [5.41, 5.74) is 1.02. The highest BCUT2D eigenvalue weighted by molar-refractivity contribution is 5.52. The number of rotatable bonds is 3. The van der Waals surface area contributed by atoms with Crippen molar-refractivity contribution >= 4 is 0 Å². The second-order valence-corrected chi connectivity index (χ2v) is 2.70. The van der Waals surface area contributed by atoms with E-state index in [1.54, 1.807) is 13.2 Å². The van der Waals surface area contributed by atoms with Crippen LogP contribution in [0.1, 0.15) is 12.5 Å². The molecule has 0 unspecified atom stereocenters. The molecule has 0 heterocycles. The van der Waals surface area contributed by atoms with Gasteiger partial charge in [0.15, 0.2) is 11.5 Å². The smallest absolute Gasteiger partial charge is 0.203 e. The summed E-state index contributed by atoms with van der Waals surface area (Å²) in [6, 6.07) is 3.54. The fourth-order valence-electron chi connectivity index (χ4n) is 1.20. The van der Waals surface area contributed by atoms with Crippen LogP contribution in [0.4, 0.5) is 0 Å². The molecule has 72 valence electrons. The van der Waals surface area contributed by atoms with Crippen LogP contribution in [0, 0.1) is 0 Å². The first kappa shape index (κ1) is 9.71. The number of aryl methyl sites for hydroxylation is 1. The first-order chi connectivity index (χ1) is 6.22. The lowest BCUT2D eigenvalue weighted by molar-refractivity contribution is 0.332. The van der Waals surface area contributed by atoms with Crippen LogP contribution in [0.2, 0.25) is 0 Å². The summed E-state index contributed by atoms with van der Waals surface area (Å²) in [5, 5.41) is 9.53. The second kappa shape index (κ2) is 4.03. The average Bonchev–Trinajstić information content (AvgIpc) is 2.16. The minimum absolute atomic E-state index is 0.124. The number of aromatic hydroxyl groups is 1. The SMILES string of the molecule is CCc1cc(O)c(OC)c(OC)c1. The van der Waals surface area contributed by atoms with Crippen molar-refractivity contribution in [3.8, 4) is 17.2 Å². The Hall–Kier alpha value is -1.38. The molecule has 0 bridgehead atoms. The van der Waals surface area contributed by atoms with Crippen molar-refractivity contribution in [3.05, 3.63) is 17.7 Å². The van der Waals surface area contributed by atoms with Gasteiger partial charge < -0.3 is 14.6 Å². The molecule has 0 spiro atoms. The lowest BCUT2D eigenvalue weighted by Gasteiger charge is -2.10. The predicted octanol–water partition coefficient (Wildman–Crippen LogP) is 1.97. The number of ether oxygens (including phenoxy) is 2. The summed E-state index contributed by atoms with van der Waals surface area (Å²) in [7, 11) is 3.06. The monoisotopic (exact) mass is 182 g/mol. The van der Waals surface area contributed by atoms with Crippen LogP contribution >= 0.6 is 0 Å².